The molecular weight excluding hydrogens is 350 g/mol. The zero-order chi connectivity index (χ0) is 19.7. The van der Waals surface area contributed by atoms with Gasteiger partial charge in [0.05, 0.1) is 17.8 Å². The van der Waals surface area contributed by atoms with Crippen LogP contribution >= 0.6 is 0 Å². The molecular formula is C22H21N5O. The van der Waals surface area contributed by atoms with Gasteiger partial charge < -0.3 is 15.4 Å². The molecule has 0 fully saturated rings. The summed E-state index contributed by atoms with van der Waals surface area (Å²) in [5, 5.41) is 20.1. The highest BCUT2D eigenvalue weighted by molar-refractivity contribution is 5.61. The summed E-state index contributed by atoms with van der Waals surface area (Å²) in [5.74, 6) is 2.32. The van der Waals surface area contributed by atoms with Gasteiger partial charge in [-0.25, -0.2) is 0 Å². The zero-order valence-corrected chi connectivity index (χ0v) is 16.0. The minimum atomic E-state index is -0.182. The van der Waals surface area contributed by atoms with E-state index in [0.29, 0.717) is 11.4 Å². The maximum atomic E-state index is 8.95. The van der Waals surface area contributed by atoms with E-state index in [1.54, 1.807) is 23.0 Å². The molecule has 1 aliphatic rings. The Morgan fingerprint density at radius 3 is 2.50 bits per heavy atom. The summed E-state index contributed by atoms with van der Waals surface area (Å²) in [4.78, 5) is 0. The molecule has 1 atom stereocenters. The van der Waals surface area contributed by atoms with E-state index in [9.17, 15) is 0 Å². The molecule has 1 aliphatic heterocycles. The van der Waals surface area contributed by atoms with Crippen molar-refractivity contribution in [1.82, 2.24) is 9.78 Å². The monoisotopic (exact) mass is 371 g/mol. The van der Waals surface area contributed by atoms with Crippen molar-refractivity contribution in [2.24, 2.45) is 0 Å². The molecule has 6 heteroatoms. The average molecular weight is 371 g/mol. The summed E-state index contributed by atoms with van der Waals surface area (Å²) < 4.78 is 8.05. The van der Waals surface area contributed by atoms with Crippen LogP contribution in [0.3, 0.4) is 0 Å². The number of ether oxygens (including phenoxy) is 1. The number of nitriles is 1. The molecule has 0 saturated carbocycles. The van der Waals surface area contributed by atoms with E-state index in [2.05, 4.69) is 40.9 Å². The highest BCUT2D eigenvalue weighted by Crippen LogP contribution is 2.30. The third-order valence-corrected chi connectivity index (χ3v) is 4.61. The number of nitrogens with zero attached hydrogens (tertiary/aromatic N) is 3. The maximum Gasteiger partial charge on any atom is 0.222 e. The number of anilines is 2. The molecule has 0 amide bonds. The van der Waals surface area contributed by atoms with Crippen molar-refractivity contribution in [1.29, 1.82) is 5.26 Å². The Bertz CT molecular complexity index is 1070. The average Bonchev–Trinajstić information content (AvgIpc) is 3.14. The van der Waals surface area contributed by atoms with Gasteiger partial charge in [-0.1, -0.05) is 17.7 Å². The van der Waals surface area contributed by atoms with Gasteiger partial charge in [0.1, 0.15) is 17.7 Å². The topological polar surface area (TPSA) is 74.9 Å². The lowest BCUT2D eigenvalue weighted by atomic mass is 10.1. The Hall–Kier alpha value is -3.72. The van der Waals surface area contributed by atoms with Crippen molar-refractivity contribution in [2.75, 3.05) is 10.6 Å². The largest absolute Gasteiger partial charge is 0.439 e. The van der Waals surface area contributed by atoms with Gasteiger partial charge in [0, 0.05) is 17.8 Å². The van der Waals surface area contributed by atoms with Gasteiger partial charge in [0.25, 0.3) is 0 Å². The van der Waals surface area contributed by atoms with Crippen molar-refractivity contribution >= 4 is 17.4 Å². The molecule has 0 saturated heterocycles. The highest BCUT2D eigenvalue weighted by atomic mass is 16.5. The van der Waals surface area contributed by atoms with Crippen LogP contribution in [0.5, 0.6) is 5.75 Å². The molecule has 2 N–H and O–H groups in total. The Labute approximate surface area is 164 Å². The van der Waals surface area contributed by atoms with Crippen molar-refractivity contribution in [3.63, 3.8) is 0 Å². The molecule has 140 valence electrons. The van der Waals surface area contributed by atoms with Crippen molar-refractivity contribution in [2.45, 2.75) is 26.9 Å². The predicted octanol–water partition coefficient (Wildman–Crippen LogP) is 4.42. The first-order chi connectivity index (χ1) is 13.5. The first-order valence-electron chi connectivity index (χ1n) is 9.08. The first kappa shape index (κ1) is 17.7. The molecule has 6 nitrogen and oxygen atoms in total. The molecule has 0 spiro atoms. The molecule has 1 aromatic heterocycles. The molecule has 2 aromatic carbocycles. The third-order valence-electron chi connectivity index (χ3n) is 4.61. The second kappa shape index (κ2) is 7.12. The molecule has 3 aromatic rings. The fourth-order valence-electron chi connectivity index (χ4n) is 3.41. The fraction of sp³-hybridized carbons (Fsp3) is 0.182. The van der Waals surface area contributed by atoms with Gasteiger partial charge in [-0.2, -0.15) is 15.0 Å². The Balaban J connectivity index is 1.63. The lowest BCUT2D eigenvalue weighted by molar-refractivity contribution is 0.454. The van der Waals surface area contributed by atoms with Crippen LogP contribution in [0.4, 0.5) is 11.5 Å². The van der Waals surface area contributed by atoms with Crippen molar-refractivity contribution < 1.29 is 4.74 Å². The van der Waals surface area contributed by atoms with Crippen molar-refractivity contribution in [3.8, 4) is 11.8 Å². The first-order valence-corrected chi connectivity index (χ1v) is 9.08. The Kier molecular flexibility index (Phi) is 4.50. The number of fused-ring (bicyclic) bond motifs is 1. The van der Waals surface area contributed by atoms with E-state index in [1.165, 1.54) is 5.56 Å². The summed E-state index contributed by atoms with van der Waals surface area (Å²) in [5.41, 5.74) is 4.92. The summed E-state index contributed by atoms with van der Waals surface area (Å²) in [6.07, 6.45) is 3.51. The standard InChI is InChI=1S/C22H21N5O/c1-14-10-15(2)22(16(3)11-14)28-21-12-19(26-20-8-9-24-27(20)21)25-18-6-4-17(13-23)5-7-18/h4-12,19,25-26H,1-3H3. The SMILES string of the molecule is Cc1cc(C)c(OC2=CC(Nc3ccc(C#N)cc3)Nc3ccnn32)c(C)c1. The van der Waals surface area contributed by atoms with Gasteiger partial charge in [-0.3, -0.25) is 0 Å². The van der Waals surface area contributed by atoms with Gasteiger partial charge in [0.2, 0.25) is 5.88 Å². The number of aryl methyl sites for hydroxylation is 3. The second-order valence-corrected chi connectivity index (χ2v) is 6.92. The smallest absolute Gasteiger partial charge is 0.222 e. The quantitative estimate of drug-likeness (QED) is 0.710. The van der Waals surface area contributed by atoms with E-state index in [-0.39, 0.29) is 6.17 Å². The van der Waals surface area contributed by atoms with Crippen LogP contribution in [-0.4, -0.2) is 15.9 Å². The molecule has 0 aliphatic carbocycles. The van der Waals surface area contributed by atoms with E-state index in [4.69, 9.17) is 10.00 Å². The Morgan fingerprint density at radius 2 is 1.82 bits per heavy atom. The van der Waals surface area contributed by atoms with E-state index in [0.717, 1.165) is 28.4 Å². The second-order valence-electron chi connectivity index (χ2n) is 6.92. The number of hydrogen-bond donors (Lipinski definition) is 2. The number of rotatable bonds is 4. The van der Waals surface area contributed by atoms with Crippen LogP contribution in [-0.2, 0) is 0 Å². The van der Waals surface area contributed by atoms with Crippen molar-refractivity contribution in [3.05, 3.63) is 77.0 Å². The van der Waals surface area contributed by atoms with E-state index in [1.807, 2.05) is 38.1 Å². The lowest BCUT2D eigenvalue weighted by Gasteiger charge is -2.26. The third kappa shape index (κ3) is 3.42. The fourth-order valence-corrected chi connectivity index (χ4v) is 3.41. The number of aromatic nitrogens is 2. The molecule has 2 heterocycles. The summed E-state index contributed by atoms with van der Waals surface area (Å²) >= 11 is 0. The lowest BCUT2D eigenvalue weighted by Crippen LogP contribution is -2.32. The minimum Gasteiger partial charge on any atom is -0.439 e. The summed E-state index contributed by atoms with van der Waals surface area (Å²) in [6.45, 7) is 6.18. The van der Waals surface area contributed by atoms with Crippen LogP contribution in [0.15, 0.2) is 54.7 Å². The summed E-state index contributed by atoms with van der Waals surface area (Å²) in [6, 6.07) is 15.6. The minimum absolute atomic E-state index is 0.182. The number of benzene rings is 2. The molecule has 0 bridgehead atoms. The summed E-state index contributed by atoms with van der Waals surface area (Å²) in [7, 11) is 0. The van der Waals surface area contributed by atoms with E-state index >= 15 is 0 Å². The number of hydrogen-bond acceptors (Lipinski definition) is 5. The molecule has 0 radical (unpaired) electrons. The van der Waals surface area contributed by atoms with Gasteiger partial charge in [0.15, 0.2) is 0 Å². The molecule has 4 rings (SSSR count). The van der Waals surface area contributed by atoms with Crippen LogP contribution < -0.4 is 15.4 Å². The normalized spacial score (nSPS) is 15.1. The van der Waals surface area contributed by atoms with Crippen LogP contribution in [0.2, 0.25) is 0 Å². The highest BCUT2D eigenvalue weighted by Gasteiger charge is 2.21. The number of nitrogens with one attached hydrogen (secondary N) is 2. The maximum absolute atomic E-state index is 8.95. The molecule has 28 heavy (non-hydrogen) atoms. The van der Waals surface area contributed by atoms with Gasteiger partial charge in [-0.05, 0) is 56.2 Å². The van der Waals surface area contributed by atoms with Gasteiger partial charge in [-0.15, -0.1) is 0 Å². The van der Waals surface area contributed by atoms with Crippen LogP contribution in [0.25, 0.3) is 5.88 Å². The Morgan fingerprint density at radius 1 is 1.11 bits per heavy atom. The zero-order valence-electron chi connectivity index (χ0n) is 16.0. The van der Waals surface area contributed by atoms with Gasteiger partial charge >= 0.3 is 0 Å². The van der Waals surface area contributed by atoms with Crippen LogP contribution in [0, 0.1) is 32.1 Å². The van der Waals surface area contributed by atoms with E-state index < -0.39 is 0 Å². The predicted molar refractivity (Wildman–Crippen MR) is 110 cm³/mol. The molecule has 1 unspecified atom stereocenters. The van der Waals surface area contributed by atoms with Crippen LogP contribution in [0.1, 0.15) is 22.3 Å².